The van der Waals surface area contributed by atoms with E-state index in [1.165, 1.54) is 12.4 Å². The van der Waals surface area contributed by atoms with Gasteiger partial charge in [-0.05, 0) is 18.6 Å². The average molecular weight is 259 g/mol. The van der Waals surface area contributed by atoms with Gasteiger partial charge in [-0.1, -0.05) is 0 Å². The van der Waals surface area contributed by atoms with Crippen molar-refractivity contribution in [1.82, 2.24) is 9.97 Å². The number of hydrogen-bond acceptors (Lipinski definition) is 6. The molecule has 18 heavy (non-hydrogen) atoms. The number of anilines is 2. The van der Waals surface area contributed by atoms with Crippen LogP contribution in [0.25, 0.3) is 0 Å². The second-order valence-electron chi connectivity index (χ2n) is 3.43. The fourth-order valence-corrected chi connectivity index (χ4v) is 2.33. The summed E-state index contributed by atoms with van der Waals surface area (Å²) in [4.78, 5) is 20.1. The molecule has 0 saturated heterocycles. The molecule has 2 rings (SSSR count). The second-order valence-corrected chi connectivity index (χ2v) is 4.49. The van der Waals surface area contributed by atoms with Crippen molar-refractivity contribution in [2.75, 3.05) is 11.1 Å². The fraction of sp³-hybridized carbons (Fsp3) is 0.0909. The Labute approximate surface area is 107 Å². The molecule has 2 aromatic heterocycles. The van der Waals surface area contributed by atoms with Crippen LogP contribution in [0, 0.1) is 18.3 Å². The smallest absolute Gasteiger partial charge is 0.268 e. The molecule has 2 heterocycles. The first-order valence-corrected chi connectivity index (χ1v) is 5.82. The maximum atomic E-state index is 12.0. The molecular formula is C11H9N5OS. The molecule has 0 aliphatic heterocycles. The molecule has 0 saturated carbocycles. The molecule has 0 spiro atoms. The Morgan fingerprint density at radius 1 is 1.50 bits per heavy atom. The maximum Gasteiger partial charge on any atom is 0.268 e. The van der Waals surface area contributed by atoms with Crippen LogP contribution in [-0.2, 0) is 0 Å². The van der Waals surface area contributed by atoms with Crippen LogP contribution in [0.5, 0.6) is 0 Å². The summed E-state index contributed by atoms with van der Waals surface area (Å²) in [6.07, 6.45) is 3.05. The van der Waals surface area contributed by atoms with Gasteiger partial charge in [-0.3, -0.25) is 10.1 Å². The van der Waals surface area contributed by atoms with Gasteiger partial charge in [0.05, 0.1) is 10.4 Å². The third kappa shape index (κ3) is 2.14. The summed E-state index contributed by atoms with van der Waals surface area (Å²) in [6, 6.07) is 3.63. The lowest BCUT2D eigenvalue weighted by molar-refractivity contribution is 0.102. The van der Waals surface area contributed by atoms with Gasteiger partial charge in [0.2, 0.25) is 5.95 Å². The van der Waals surface area contributed by atoms with Gasteiger partial charge >= 0.3 is 0 Å². The molecule has 0 atom stereocenters. The van der Waals surface area contributed by atoms with E-state index in [1.807, 2.05) is 6.07 Å². The van der Waals surface area contributed by atoms with E-state index < -0.39 is 0 Å². The molecule has 0 aliphatic rings. The summed E-state index contributed by atoms with van der Waals surface area (Å²) in [5.41, 5.74) is 6.59. The number of carbonyl (C=O) groups is 1. The fourth-order valence-electron chi connectivity index (χ4n) is 1.41. The van der Waals surface area contributed by atoms with Crippen molar-refractivity contribution in [3.05, 3.63) is 34.5 Å². The van der Waals surface area contributed by atoms with Crippen LogP contribution in [-0.4, -0.2) is 15.9 Å². The van der Waals surface area contributed by atoms with Gasteiger partial charge < -0.3 is 5.73 Å². The van der Waals surface area contributed by atoms with Gasteiger partial charge in [-0.15, -0.1) is 11.3 Å². The first-order chi connectivity index (χ1) is 8.63. The minimum absolute atomic E-state index is 0.215. The Balaban J connectivity index is 2.28. The third-order valence-electron chi connectivity index (χ3n) is 2.28. The highest BCUT2D eigenvalue weighted by molar-refractivity contribution is 7.18. The van der Waals surface area contributed by atoms with E-state index in [9.17, 15) is 4.79 Å². The SMILES string of the molecule is Cc1c(C(=O)Nc2ncccn2)sc(N)c1C#N. The molecule has 3 N–H and O–H groups in total. The Morgan fingerprint density at radius 3 is 2.72 bits per heavy atom. The standard InChI is InChI=1S/C11H9N5OS/c1-6-7(5-12)9(13)18-8(6)10(17)16-11-14-3-2-4-15-11/h2-4H,13H2,1H3,(H,14,15,16,17). The molecule has 0 aliphatic carbocycles. The van der Waals surface area contributed by atoms with Gasteiger partial charge in [-0.25, -0.2) is 9.97 Å². The number of nitrogens with zero attached hydrogens (tertiary/aromatic N) is 3. The number of nitriles is 1. The van der Waals surface area contributed by atoms with E-state index in [0.29, 0.717) is 21.0 Å². The van der Waals surface area contributed by atoms with Crippen LogP contribution in [0.3, 0.4) is 0 Å². The van der Waals surface area contributed by atoms with Crippen molar-refractivity contribution in [3.8, 4) is 6.07 Å². The highest BCUT2D eigenvalue weighted by atomic mass is 32.1. The number of thiophene rings is 1. The van der Waals surface area contributed by atoms with Crippen LogP contribution in [0.15, 0.2) is 18.5 Å². The summed E-state index contributed by atoms with van der Waals surface area (Å²) in [5.74, 6) is -0.149. The van der Waals surface area contributed by atoms with Crippen molar-refractivity contribution in [2.24, 2.45) is 0 Å². The minimum atomic E-state index is -0.364. The van der Waals surface area contributed by atoms with Crippen molar-refractivity contribution < 1.29 is 4.79 Å². The van der Waals surface area contributed by atoms with Crippen LogP contribution < -0.4 is 11.1 Å². The molecule has 7 heteroatoms. The highest BCUT2D eigenvalue weighted by Crippen LogP contribution is 2.29. The van der Waals surface area contributed by atoms with Gasteiger partial charge in [0.25, 0.3) is 5.91 Å². The topological polar surface area (TPSA) is 105 Å². The third-order valence-corrected chi connectivity index (χ3v) is 3.40. The van der Waals surface area contributed by atoms with Crippen molar-refractivity contribution >= 4 is 28.2 Å². The molecule has 0 bridgehead atoms. The second kappa shape index (κ2) is 4.81. The van der Waals surface area contributed by atoms with Gasteiger partial charge in [0.1, 0.15) is 11.1 Å². The van der Waals surface area contributed by atoms with Crippen molar-refractivity contribution in [1.29, 1.82) is 5.26 Å². The monoisotopic (exact) mass is 259 g/mol. The van der Waals surface area contributed by atoms with Crippen LogP contribution in [0.4, 0.5) is 10.9 Å². The zero-order valence-corrected chi connectivity index (χ0v) is 10.3. The number of carbonyl (C=O) groups excluding carboxylic acids is 1. The number of nitrogens with two attached hydrogens (primary N) is 1. The lowest BCUT2D eigenvalue weighted by Crippen LogP contribution is -2.13. The number of amides is 1. The number of rotatable bonds is 2. The molecule has 90 valence electrons. The van der Waals surface area contributed by atoms with Crippen LogP contribution in [0.1, 0.15) is 20.8 Å². The largest absolute Gasteiger partial charge is 0.389 e. The van der Waals surface area contributed by atoms with E-state index in [-0.39, 0.29) is 11.9 Å². The molecule has 0 unspecified atom stereocenters. The van der Waals surface area contributed by atoms with Gasteiger partial charge in [0, 0.05) is 12.4 Å². The van der Waals surface area contributed by atoms with Gasteiger partial charge in [0.15, 0.2) is 0 Å². The lowest BCUT2D eigenvalue weighted by Gasteiger charge is -2.01. The zero-order chi connectivity index (χ0) is 13.1. The number of hydrogen-bond donors (Lipinski definition) is 2. The summed E-state index contributed by atoms with van der Waals surface area (Å²) >= 11 is 1.08. The number of nitrogen functional groups attached to an aromatic ring is 1. The predicted molar refractivity (Wildman–Crippen MR) is 68.2 cm³/mol. The molecule has 1 amide bonds. The van der Waals surface area contributed by atoms with Crippen LogP contribution >= 0.6 is 11.3 Å². The van der Waals surface area contributed by atoms with Gasteiger partial charge in [-0.2, -0.15) is 5.26 Å². The molecule has 6 nitrogen and oxygen atoms in total. The Hall–Kier alpha value is -2.46. The lowest BCUT2D eigenvalue weighted by atomic mass is 10.2. The highest BCUT2D eigenvalue weighted by Gasteiger charge is 2.19. The zero-order valence-electron chi connectivity index (χ0n) is 9.47. The summed E-state index contributed by atoms with van der Waals surface area (Å²) < 4.78 is 0. The van der Waals surface area contributed by atoms with Crippen molar-refractivity contribution in [3.63, 3.8) is 0 Å². The molecule has 0 aromatic carbocycles. The maximum absolute atomic E-state index is 12.0. The molecular weight excluding hydrogens is 250 g/mol. The first-order valence-electron chi connectivity index (χ1n) is 5.00. The Kier molecular flexibility index (Phi) is 3.21. The van der Waals surface area contributed by atoms with E-state index >= 15 is 0 Å². The molecule has 2 aromatic rings. The number of aromatic nitrogens is 2. The Bertz CT molecular complexity index is 629. The average Bonchev–Trinajstić information content (AvgIpc) is 2.65. The first kappa shape index (κ1) is 12.0. The van der Waals surface area contributed by atoms with E-state index in [4.69, 9.17) is 11.0 Å². The van der Waals surface area contributed by atoms with E-state index in [2.05, 4.69) is 15.3 Å². The Morgan fingerprint density at radius 2 is 2.17 bits per heavy atom. The molecule has 0 fully saturated rings. The summed E-state index contributed by atoms with van der Waals surface area (Å²) in [7, 11) is 0. The number of nitrogens with one attached hydrogen (secondary N) is 1. The van der Waals surface area contributed by atoms with E-state index in [1.54, 1.807) is 13.0 Å². The predicted octanol–water partition coefficient (Wildman–Crippen LogP) is 1.55. The van der Waals surface area contributed by atoms with Crippen molar-refractivity contribution in [2.45, 2.75) is 6.92 Å². The quantitative estimate of drug-likeness (QED) is 0.851. The molecule has 0 radical (unpaired) electrons. The summed E-state index contributed by atoms with van der Waals surface area (Å²) in [5, 5.41) is 11.8. The minimum Gasteiger partial charge on any atom is -0.389 e. The normalized spacial score (nSPS) is 9.78. The van der Waals surface area contributed by atoms with Crippen LogP contribution in [0.2, 0.25) is 0 Å². The summed E-state index contributed by atoms with van der Waals surface area (Å²) in [6.45, 7) is 1.69. The van der Waals surface area contributed by atoms with E-state index in [0.717, 1.165) is 11.3 Å².